The number of rotatable bonds is 1. The lowest BCUT2D eigenvalue weighted by molar-refractivity contribution is -0.149. The van der Waals surface area contributed by atoms with Gasteiger partial charge in [-0.15, -0.1) is 0 Å². The third-order valence-corrected chi connectivity index (χ3v) is 0.542. The Balaban J connectivity index is 0. The number of aliphatic hydroxyl groups excluding tert-OH is 1. The summed E-state index contributed by atoms with van der Waals surface area (Å²) in [4.78, 5) is 10.0. The minimum Gasteiger partial charge on any atom is -0.467 e. The van der Waals surface area contributed by atoms with Crippen LogP contribution in [0.1, 0.15) is 6.92 Å². The van der Waals surface area contributed by atoms with E-state index in [1.54, 1.807) is 0 Å². The van der Waals surface area contributed by atoms with E-state index in [-0.39, 0.29) is 5.48 Å². The summed E-state index contributed by atoms with van der Waals surface area (Å²) in [5, 5.41) is 8.35. The van der Waals surface area contributed by atoms with Crippen LogP contribution in [0.3, 0.4) is 0 Å². The molecule has 3 N–H and O–H groups in total. The monoisotopic (exact) mass is 122 g/mol. The molecule has 0 spiro atoms. The van der Waals surface area contributed by atoms with Crippen LogP contribution in [-0.2, 0) is 9.53 Å². The van der Waals surface area contributed by atoms with Crippen molar-refractivity contribution in [3.63, 3.8) is 0 Å². The maximum atomic E-state index is 10.0. The Morgan fingerprint density at radius 1 is 1.75 bits per heavy atom. The molecule has 0 saturated carbocycles. The number of hydrogen-bond donors (Lipinski definition) is 1. The van der Waals surface area contributed by atoms with Crippen molar-refractivity contribution in [2.75, 3.05) is 7.11 Å². The van der Waals surface area contributed by atoms with Crippen molar-refractivity contribution >= 4 is 5.97 Å². The van der Waals surface area contributed by atoms with Gasteiger partial charge in [-0.2, -0.15) is 0 Å². The fourth-order valence-corrected chi connectivity index (χ4v) is 0.171. The number of carbonyl (C=O) groups excluding carboxylic acids is 1. The molecule has 0 aliphatic rings. The van der Waals surface area contributed by atoms with Crippen LogP contribution in [-0.4, -0.2) is 29.8 Å². The van der Waals surface area contributed by atoms with Crippen LogP contribution in [0.5, 0.6) is 0 Å². The van der Waals surface area contributed by atoms with Gasteiger partial charge in [-0.05, 0) is 6.92 Å². The Hall–Kier alpha value is -0.610. The number of methoxy groups -OCH3 is 1. The van der Waals surface area contributed by atoms with Gasteiger partial charge < -0.3 is 15.3 Å². The number of carbonyl (C=O) groups is 1. The Morgan fingerprint density at radius 3 is 2.12 bits per heavy atom. The van der Waals surface area contributed by atoms with Crippen LogP contribution in [0.25, 0.3) is 0 Å². The van der Waals surface area contributed by atoms with Crippen molar-refractivity contribution in [2.45, 2.75) is 13.0 Å². The molecule has 8 heavy (non-hydrogen) atoms. The predicted molar refractivity (Wildman–Crippen MR) is 27.3 cm³/mol. The van der Waals surface area contributed by atoms with Gasteiger partial charge in [0.2, 0.25) is 0 Å². The Labute approximate surface area is 47.4 Å². The maximum absolute atomic E-state index is 10.0. The van der Waals surface area contributed by atoms with E-state index in [9.17, 15) is 4.79 Å². The fraction of sp³-hybridized carbons (Fsp3) is 0.750. The zero-order valence-corrected chi connectivity index (χ0v) is 4.84. The van der Waals surface area contributed by atoms with Crippen molar-refractivity contribution in [1.29, 1.82) is 0 Å². The smallest absolute Gasteiger partial charge is 0.334 e. The molecule has 1 atom stereocenters. The van der Waals surface area contributed by atoms with Crippen molar-refractivity contribution < 1.29 is 20.1 Å². The van der Waals surface area contributed by atoms with Crippen LogP contribution in [0.2, 0.25) is 0 Å². The lowest BCUT2D eigenvalue weighted by Crippen LogP contribution is -2.16. The van der Waals surface area contributed by atoms with Gasteiger partial charge in [-0.25, -0.2) is 4.79 Å². The molecule has 0 rings (SSSR count). The number of aliphatic hydroxyl groups is 1. The first-order valence-electron chi connectivity index (χ1n) is 1.94. The van der Waals surface area contributed by atoms with Crippen LogP contribution < -0.4 is 0 Å². The van der Waals surface area contributed by atoms with Crippen LogP contribution in [0.15, 0.2) is 0 Å². The maximum Gasteiger partial charge on any atom is 0.334 e. The highest BCUT2D eigenvalue weighted by Crippen LogP contribution is 1.80. The highest BCUT2D eigenvalue weighted by Gasteiger charge is 2.05. The molecule has 0 aliphatic carbocycles. The molecular weight excluding hydrogens is 112 g/mol. The highest BCUT2D eigenvalue weighted by atomic mass is 16.5. The average molecular weight is 122 g/mol. The highest BCUT2D eigenvalue weighted by molar-refractivity contribution is 5.73. The van der Waals surface area contributed by atoms with E-state index in [0.717, 1.165) is 0 Å². The largest absolute Gasteiger partial charge is 0.467 e. The van der Waals surface area contributed by atoms with Gasteiger partial charge in [0.25, 0.3) is 0 Å². The molecule has 0 amide bonds. The van der Waals surface area contributed by atoms with Crippen molar-refractivity contribution in [1.82, 2.24) is 0 Å². The van der Waals surface area contributed by atoms with Gasteiger partial charge in [0.15, 0.2) is 0 Å². The van der Waals surface area contributed by atoms with Gasteiger partial charge in [-0.3, -0.25) is 0 Å². The number of ether oxygens (including phenoxy) is 1. The Morgan fingerprint density at radius 2 is 2.12 bits per heavy atom. The van der Waals surface area contributed by atoms with E-state index in [1.165, 1.54) is 14.0 Å². The van der Waals surface area contributed by atoms with Gasteiger partial charge in [0.05, 0.1) is 7.11 Å². The third kappa shape index (κ3) is 3.58. The molecule has 0 heterocycles. The van der Waals surface area contributed by atoms with E-state index < -0.39 is 12.1 Å². The first-order chi connectivity index (χ1) is 3.18. The molecule has 50 valence electrons. The average Bonchev–Trinajstić information content (AvgIpc) is 1.65. The molecule has 0 aromatic heterocycles. The van der Waals surface area contributed by atoms with Crippen LogP contribution >= 0.6 is 0 Å². The SMILES string of the molecule is COC(=O)C(C)O.O. The van der Waals surface area contributed by atoms with E-state index in [1.807, 2.05) is 0 Å². The van der Waals surface area contributed by atoms with Gasteiger partial charge in [-0.1, -0.05) is 0 Å². The molecule has 0 bridgehead atoms. The van der Waals surface area contributed by atoms with Crippen molar-refractivity contribution in [3.8, 4) is 0 Å². The summed E-state index contributed by atoms with van der Waals surface area (Å²) in [5.74, 6) is -0.597. The second kappa shape index (κ2) is 4.55. The zero-order valence-electron chi connectivity index (χ0n) is 4.84. The van der Waals surface area contributed by atoms with E-state index in [4.69, 9.17) is 5.11 Å². The predicted octanol–water partition coefficient (Wildman–Crippen LogP) is -1.28. The van der Waals surface area contributed by atoms with Crippen molar-refractivity contribution in [2.24, 2.45) is 0 Å². The second-order valence-electron chi connectivity index (χ2n) is 1.20. The number of esters is 1. The molecule has 4 nitrogen and oxygen atoms in total. The Bertz CT molecular complexity index is 68.4. The molecule has 1 unspecified atom stereocenters. The molecule has 0 aromatic carbocycles. The summed E-state index contributed by atoms with van der Waals surface area (Å²) in [5.41, 5.74) is 0. The molecule has 0 fully saturated rings. The molecule has 0 saturated heterocycles. The summed E-state index contributed by atoms with van der Waals surface area (Å²) in [6.07, 6.45) is -0.995. The topological polar surface area (TPSA) is 78.0 Å². The van der Waals surface area contributed by atoms with Crippen LogP contribution in [0.4, 0.5) is 0 Å². The normalized spacial score (nSPS) is 11.4. The molecular formula is C4H10O4. The zero-order chi connectivity index (χ0) is 5.86. The molecule has 0 aromatic rings. The second-order valence-corrected chi connectivity index (χ2v) is 1.20. The van der Waals surface area contributed by atoms with Gasteiger partial charge >= 0.3 is 5.97 Å². The summed E-state index contributed by atoms with van der Waals surface area (Å²) in [6, 6.07) is 0. The van der Waals surface area contributed by atoms with E-state index in [2.05, 4.69) is 4.74 Å². The fourth-order valence-electron chi connectivity index (χ4n) is 0.171. The minimum atomic E-state index is -0.995. The molecule has 0 aliphatic heterocycles. The first kappa shape index (κ1) is 10.4. The third-order valence-electron chi connectivity index (χ3n) is 0.542. The first-order valence-corrected chi connectivity index (χ1v) is 1.94. The Kier molecular flexibility index (Phi) is 5.90. The summed E-state index contributed by atoms with van der Waals surface area (Å²) in [6.45, 7) is 1.35. The van der Waals surface area contributed by atoms with Crippen molar-refractivity contribution in [3.05, 3.63) is 0 Å². The van der Waals surface area contributed by atoms with Gasteiger partial charge in [0, 0.05) is 0 Å². The summed E-state index contributed by atoms with van der Waals surface area (Å²) < 4.78 is 4.12. The summed E-state index contributed by atoms with van der Waals surface area (Å²) >= 11 is 0. The molecule has 4 heteroatoms. The van der Waals surface area contributed by atoms with Crippen LogP contribution in [0, 0.1) is 0 Å². The lowest BCUT2D eigenvalue weighted by Gasteiger charge is -1.97. The van der Waals surface area contributed by atoms with E-state index >= 15 is 0 Å². The number of hydrogen-bond acceptors (Lipinski definition) is 3. The van der Waals surface area contributed by atoms with E-state index in [0.29, 0.717) is 0 Å². The standard InChI is InChI=1S/C4H8O3.H2O/c1-3(5)4(6)7-2;/h3,5H,1-2H3;1H2. The lowest BCUT2D eigenvalue weighted by atomic mass is 10.4. The summed E-state index contributed by atoms with van der Waals surface area (Å²) in [7, 11) is 1.23. The van der Waals surface area contributed by atoms with Gasteiger partial charge in [0.1, 0.15) is 6.10 Å². The minimum absolute atomic E-state index is 0. The molecule has 0 radical (unpaired) electrons. The quantitative estimate of drug-likeness (QED) is 0.440.